The number of hydrogen-bond acceptors (Lipinski definition) is 16. The van der Waals surface area contributed by atoms with Gasteiger partial charge in [0.1, 0.15) is 42.7 Å². The van der Waals surface area contributed by atoms with Crippen LogP contribution in [0.1, 0.15) is 6.23 Å². The van der Waals surface area contributed by atoms with Crippen molar-refractivity contribution in [2.45, 2.75) is 55.2 Å². The third kappa shape index (κ3) is 6.04. The molecule has 2 aliphatic heterocycles. The monoisotopic (exact) mass is 590 g/mol. The first-order valence-corrected chi connectivity index (χ1v) is 13.7. The largest absolute Gasteiger partial charge is 0.481 e. The number of nitrogens with zero attached hydrogens (tertiary/aromatic N) is 3. The van der Waals surface area contributed by atoms with Gasteiger partial charge in [-0.25, -0.2) is 19.1 Å². The molecule has 2 saturated heterocycles. The average Bonchev–Trinajstić information content (AvgIpc) is 3.39. The van der Waals surface area contributed by atoms with Crippen LogP contribution in [-0.2, 0) is 32.0 Å². The molecule has 4 heterocycles. The zero-order valence-corrected chi connectivity index (χ0v) is 20.6. The highest BCUT2D eigenvalue weighted by Crippen LogP contribution is 2.60. The van der Waals surface area contributed by atoms with Crippen molar-refractivity contribution >= 4 is 26.8 Å². The van der Waals surface area contributed by atoms with E-state index < -0.39 is 89.7 Å². The number of hydrogen-bond donors (Lipinski definition) is 9. The van der Waals surface area contributed by atoms with E-state index in [-0.39, 0.29) is 11.2 Å². The lowest BCUT2D eigenvalue weighted by Gasteiger charge is -2.38. The van der Waals surface area contributed by atoms with Crippen molar-refractivity contribution in [3.05, 3.63) is 23.0 Å². The van der Waals surface area contributed by atoms with Gasteiger partial charge in [0.15, 0.2) is 23.7 Å². The maximum Gasteiger partial charge on any atom is 0.481 e. The average molecular weight is 590 g/mol. The van der Waals surface area contributed by atoms with Gasteiger partial charge in [0.25, 0.3) is 5.56 Å². The lowest BCUT2D eigenvalue weighted by atomic mass is 10.00. The van der Waals surface area contributed by atoms with E-state index in [1.807, 2.05) is 0 Å². The molecule has 11 atom stereocenters. The summed E-state index contributed by atoms with van der Waals surface area (Å²) in [5, 5.41) is 59.0. The van der Waals surface area contributed by atoms with Crippen molar-refractivity contribution in [1.82, 2.24) is 19.5 Å². The smallest absolute Gasteiger partial charge is 0.387 e. The van der Waals surface area contributed by atoms with Crippen LogP contribution in [0.2, 0.25) is 0 Å². The van der Waals surface area contributed by atoms with E-state index in [2.05, 4.69) is 28.3 Å². The van der Waals surface area contributed by atoms with E-state index in [1.54, 1.807) is 0 Å². The Balaban J connectivity index is 1.34. The fourth-order valence-electron chi connectivity index (χ4n) is 3.73. The Morgan fingerprint density at radius 1 is 0.868 bits per heavy atom. The van der Waals surface area contributed by atoms with Crippen LogP contribution in [-0.4, -0.2) is 122 Å². The van der Waals surface area contributed by atoms with Crippen LogP contribution in [0.5, 0.6) is 0 Å². The highest BCUT2D eigenvalue weighted by molar-refractivity contribution is 7.61. The molecule has 2 aromatic rings. The van der Waals surface area contributed by atoms with Crippen molar-refractivity contribution in [2.75, 3.05) is 13.2 Å². The summed E-state index contributed by atoms with van der Waals surface area (Å²) < 4.78 is 48.8. The number of ether oxygens (including phenoxy) is 2. The van der Waals surface area contributed by atoms with Crippen LogP contribution < -0.4 is 5.56 Å². The minimum atomic E-state index is -5.40. The van der Waals surface area contributed by atoms with Gasteiger partial charge in [0.05, 0.1) is 25.9 Å². The van der Waals surface area contributed by atoms with Crippen molar-refractivity contribution in [3.63, 3.8) is 0 Å². The van der Waals surface area contributed by atoms with E-state index in [0.29, 0.717) is 0 Å². The van der Waals surface area contributed by atoms with Gasteiger partial charge in [0, 0.05) is 0 Å². The number of phosphoric acid groups is 2. The first-order chi connectivity index (χ1) is 17.7. The number of aromatic amines is 1. The number of fused-ring (bicyclic) bond motifs is 1. The molecule has 0 bridgehead atoms. The molecule has 2 aliphatic rings. The van der Waals surface area contributed by atoms with Crippen LogP contribution in [0.4, 0.5) is 0 Å². The molecule has 11 unspecified atom stereocenters. The quantitative estimate of drug-likeness (QED) is 0.125. The molecular formula is C16H24N4O16P2. The Labute approximate surface area is 210 Å². The van der Waals surface area contributed by atoms with E-state index in [9.17, 15) is 54.4 Å². The summed E-state index contributed by atoms with van der Waals surface area (Å²) in [5.74, 6) is 0. The minimum Gasteiger partial charge on any atom is -0.387 e. The lowest BCUT2D eigenvalue weighted by molar-refractivity contribution is -0.285. The molecule has 4 rings (SSSR count). The third-order valence-electron chi connectivity index (χ3n) is 5.67. The highest BCUT2D eigenvalue weighted by Gasteiger charge is 2.47. The third-order valence-corrected chi connectivity index (χ3v) is 8.28. The summed E-state index contributed by atoms with van der Waals surface area (Å²) in [6, 6.07) is 0. The van der Waals surface area contributed by atoms with Crippen LogP contribution in [0, 0.1) is 0 Å². The van der Waals surface area contributed by atoms with Gasteiger partial charge in [-0.15, -0.1) is 0 Å². The maximum absolute atomic E-state index is 12.2. The summed E-state index contributed by atoms with van der Waals surface area (Å²) in [6.45, 7) is -1.98. The van der Waals surface area contributed by atoms with E-state index in [1.165, 1.54) is 0 Å². The van der Waals surface area contributed by atoms with Crippen molar-refractivity contribution in [3.8, 4) is 0 Å². The molecule has 22 heteroatoms. The number of rotatable bonds is 9. The van der Waals surface area contributed by atoms with Gasteiger partial charge >= 0.3 is 15.6 Å². The molecular weight excluding hydrogens is 566 g/mol. The van der Waals surface area contributed by atoms with E-state index in [4.69, 9.17) is 9.47 Å². The molecule has 0 saturated carbocycles. The summed E-state index contributed by atoms with van der Waals surface area (Å²) >= 11 is 0. The molecule has 0 radical (unpaired) electrons. The maximum atomic E-state index is 12.2. The number of nitrogens with one attached hydrogen (secondary N) is 1. The molecule has 20 nitrogen and oxygen atoms in total. The van der Waals surface area contributed by atoms with Gasteiger partial charge in [-0.3, -0.25) is 18.4 Å². The molecule has 9 N–H and O–H groups in total. The molecule has 0 amide bonds. The molecule has 0 aliphatic carbocycles. The number of phosphoric ester groups is 2. The zero-order chi connectivity index (χ0) is 28.0. The lowest BCUT2D eigenvalue weighted by Crippen LogP contribution is -2.58. The van der Waals surface area contributed by atoms with Gasteiger partial charge in [-0.2, -0.15) is 4.31 Å². The van der Waals surface area contributed by atoms with Crippen LogP contribution in [0.25, 0.3) is 11.2 Å². The number of H-pyrrole nitrogens is 1. The van der Waals surface area contributed by atoms with Crippen LogP contribution in [0.15, 0.2) is 17.4 Å². The number of aromatic nitrogens is 4. The van der Waals surface area contributed by atoms with Gasteiger partial charge in [0.2, 0.25) is 0 Å². The fourth-order valence-corrected chi connectivity index (χ4v) is 5.82. The second kappa shape index (κ2) is 11.0. The zero-order valence-electron chi connectivity index (χ0n) is 18.8. The Hall–Kier alpha value is -1.71. The molecule has 2 aromatic heterocycles. The topological polar surface area (TPSA) is 306 Å². The SMILES string of the molecule is O=c1[nH]cnc2c1ncn2C1OC(COP(=O)(O)OP(=O)(O)OCC2OC(O)C(O)C(O)C2O)C(O)C1O. The van der Waals surface area contributed by atoms with Gasteiger partial charge in [-0.1, -0.05) is 0 Å². The summed E-state index contributed by atoms with van der Waals surface area (Å²) in [6.07, 6.45) is -13.2. The van der Waals surface area contributed by atoms with Crippen molar-refractivity contribution in [2.24, 2.45) is 0 Å². The molecule has 214 valence electrons. The van der Waals surface area contributed by atoms with Crippen LogP contribution >= 0.6 is 15.6 Å². The second-order valence-electron chi connectivity index (χ2n) is 8.25. The number of aliphatic hydroxyl groups is 6. The Bertz CT molecular complexity index is 1290. The van der Waals surface area contributed by atoms with Gasteiger partial charge in [-0.05, 0) is 0 Å². The standard InChI is InChI=1S/C16H24N4O16P2/c21-8-6(35-16(27)12(25)10(8)23)2-33-38(30,31)36-37(28,29)32-1-5-9(22)11(24)15(34-5)20-4-19-7-13(20)17-3-18-14(7)26/h3-6,8-12,15-16,21-25,27H,1-2H2,(H,28,29)(H,30,31)(H,17,18,26). The van der Waals surface area contributed by atoms with Crippen molar-refractivity contribution < 1.29 is 72.4 Å². The number of imidazole rings is 1. The molecule has 0 spiro atoms. The Kier molecular flexibility index (Phi) is 8.51. The fraction of sp³-hybridized carbons (Fsp3) is 0.688. The predicted octanol–water partition coefficient (Wildman–Crippen LogP) is -4.21. The van der Waals surface area contributed by atoms with E-state index >= 15 is 0 Å². The van der Waals surface area contributed by atoms with E-state index in [0.717, 1.165) is 17.2 Å². The summed E-state index contributed by atoms with van der Waals surface area (Å²) in [4.78, 5) is 41.5. The number of aliphatic hydroxyl groups excluding tert-OH is 6. The minimum absolute atomic E-state index is 0.00251. The normalized spacial score (nSPS) is 37.2. The molecule has 0 aromatic carbocycles. The Morgan fingerprint density at radius 3 is 2.08 bits per heavy atom. The highest BCUT2D eigenvalue weighted by atomic mass is 31.3. The first-order valence-electron chi connectivity index (χ1n) is 10.7. The summed E-state index contributed by atoms with van der Waals surface area (Å²) in [7, 11) is -10.8. The predicted molar refractivity (Wildman–Crippen MR) is 116 cm³/mol. The molecule has 2 fully saturated rings. The first kappa shape index (κ1) is 29.3. The molecule has 38 heavy (non-hydrogen) atoms. The van der Waals surface area contributed by atoms with Crippen molar-refractivity contribution in [1.29, 1.82) is 0 Å². The Morgan fingerprint density at radius 2 is 1.45 bits per heavy atom. The van der Waals surface area contributed by atoms with Crippen LogP contribution in [0.3, 0.4) is 0 Å². The van der Waals surface area contributed by atoms with Gasteiger partial charge < -0.3 is 54.9 Å². The summed E-state index contributed by atoms with van der Waals surface area (Å²) in [5.41, 5.74) is -0.663. The second-order valence-corrected chi connectivity index (χ2v) is 11.3.